The highest BCUT2D eigenvalue weighted by Gasteiger charge is 2.34. The summed E-state index contributed by atoms with van der Waals surface area (Å²) in [6.07, 6.45) is 0. The molecule has 0 aromatic heterocycles. The number of hydrogen-bond donors (Lipinski definition) is 0. The summed E-state index contributed by atoms with van der Waals surface area (Å²) in [5, 5.41) is 9.27. The predicted molar refractivity (Wildman–Crippen MR) is 63.3 cm³/mol. The lowest BCUT2D eigenvalue weighted by molar-refractivity contribution is 0.0739. The molecule has 1 atom stereocenters. The molecule has 4 heteroatoms. The second kappa shape index (κ2) is 4.08. The Morgan fingerprint density at radius 1 is 1.56 bits per heavy atom. The highest BCUT2D eigenvalue weighted by Crippen LogP contribution is 2.38. The molecule has 0 fully saturated rings. The van der Waals surface area contributed by atoms with Crippen LogP contribution < -0.4 is 4.74 Å². The highest BCUT2D eigenvalue weighted by molar-refractivity contribution is 9.10. The quantitative estimate of drug-likeness (QED) is 0.795. The maximum atomic E-state index is 9.27. The average molecular weight is 282 g/mol. The molecule has 0 bridgehead atoms. The van der Waals surface area contributed by atoms with E-state index >= 15 is 0 Å². The first-order valence-electron chi connectivity index (χ1n) is 4.96. The van der Waals surface area contributed by atoms with Crippen molar-refractivity contribution >= 4 is 15.9 Å². The van der Waals surface area contributed by atoms with Crippen molar-refractivity contribution in [2.45, 2.75) is 18.9 Å². The van der Waals surface area contributed by atoms with Crippen LogP contribution in [0.15, 0.2) is 16.6 Å². The van der Waals surface area contributed by atoms with Crippen molar-refractivity contribution < 1.29 is 9.47 Å². The summed E-state index contributed by atoms with van der Waals surface area (Å²) in [6.45, 7) is 2.82. The first-order chi connectivity index (χ1) is 7.60. The van der Waals surface area contributed by atoms with E-state index in [1.165, 1.54) is 0 Å². The molecule has 0 radical (unpaired) electrons. The van der Waals surface area contributed by atoms with Crippen molar-refractivity contribution in [1.29, 1.82) is 5.26 Å². The van der Waals surface area contributed by atoms with Crippen LogP contribution in [-0.4, -0.2) is 13.7 Å². The number of fused-ring (bicyclic) bond motifs is 1. The molecule has 0 saturated heterocycles. The predicted octanol–water partition coefficient (Wildman–Crippen LogP) is 2.77. The summed E-state index contributed by atoms with van der Waals surface area (Å²) in [4.78, 5) is 0. The zero-order valence-corrected chi connectivity index (χ0v) is 10.8. The number of hydrogen-bond acceptors (Lipinski definition) is 3. The van der Waals surface area contributed by atoms with Gasteiger partial charge in [-0.2, -0.15) is 5.26 Å². The van der Waals surface area contributed by atoms with Gasteiger partial charge in [0.1, 0.15) is 11.2 Å². The molecule has 2 rings (SSSR count). The van der Waals surface area contributed by atoms with Crippen LogP contribution in [-0.2, 0) is 16.8 Å². The van der Waals surface area contributed by atoms with Crippen LogP contribution in [0.5, 0.6) is 5.75 Å². The first kappa shape index (κ1) is 11.4. The monoisotopic (exact) mass is 281 g/mol. The van der Waals surface area contributed by atoms with E-state index in [-0.39, 0.29) is 0 Å². The molecule has 1 aliphatic rings. The molecule has 84 valence electrons. The number of ether oxygens (including phenoxy) is 2. The lowest BCUT2D eigenvalue weighted by Crippen LogP contribution is -2.32. The largest absolute Gasteiger partial charge is 0.496 e. The van der Waals surface area contributed by atoms with Gasteiger partial charge in [0.25, 0.3) is 0 Å². The van der Waals surface area contributed by atoms with Crippen LogP contribution in [0.4, 0.5) is 0 Å². The third kappa shape index (κ3) is 1.70. The van der Waals surface area contributed by atoms with Crippen LogP contribution in [0.1, 0.15) is 18.1 Å². The van der Waals surface area contributed by atoms with E-state index in [9.17, 15) is 5.26 Å². The van der Waals surface area contributed by atoms with Crippen molar-refractivity contribution in [2.75, 3.05) is 13.7 Å². The van der Waals surface area contributed by atoms with E-state index in [1.807, 2.05) is 19.1 Å². The normalized spacial score (nSPS) is 23.4. The molecule has 0 amide bonds. The minimum Gasteiger partial charge on any atom is -0.496 e. The zero-order chi connectivity index (χ0) is 11.8. The van der Waals surface area contributed by atoms with Gasteiger partial charge in [-0.25, -0.2) is 0 Å². The van der Waals surface area contributed by atoms with Crippen molar-refractivity contribution in [3.63, 3.8) is 0 Å². The van der Waals surface area contributed by atoms with Crippen LogP contribution in [0.25, 0.3) is 0 Å². The van der Waals surface area contributed by atoms with E-state index in [0.717, 1.165) is 21.3 Å². The SMILES string of the molecule is COc1cc(Br)cc2c1COCC2(C)C#N. The molecule has 1 heterocycles. The topological polar surface area (TPSA) is 42.2 Å². The minimum absolute atomic E-state index is 0.427. The van der Waals surface area contributed by atoms with Crippen molar-refractivity contribution in [1.82, 2.24) is 0 Å². The molecule has 1 unspecified atom stereocenters. The summed E-state index contributed by atoms with van der Waals surface area (Å²) in [6, 6.07) is 6.18. The van der Waals surface area contributed by atoms with E-state index in [2.05, 4.69) is 22.0 Å². The molecule has 0 saturated carbocycles. The van der Waals surface area contributed by atoms with E-state index in [0.29, 0.717) is 13.2 Å². The summed E-state index contributed by atoms with van der Waals surface area (Å²) in [5.74, 6) is 0.769. The minimum atomic E-state index is -0.593. The number of benzene rings is 1. The average Bonchev–Trinajstić information content (AvgIpc) is 2.29. The van der Waals surface area contributed by atoms with Gasteiger partial charge in [0.15, 0.2) is 0 Å². The Labute approximate surface area is 103 Å². The lowest BCUT2D eigenvalue weighted by atomic mass is 9.80. The second-order valence-corrected chi connectivity index (χ2v) is 4.99. The third-order valence-electron chi connectivity index (χ3n) is 2.87. The molecule has 0 spiro atoms. The second-order valence-electron chi connectivity index (χ2n) is 4.07. The zero-order valence-electron chi connectivity index (χ0n) is 9.21. The summed E-state index contributed by atoms with van der Waals surface area (Å²) >= 11 is 3.43. The molecule has 16 heavy (non-hydrogen) atoms. The Morgan fingerprint density at radius 3 is 2.94 bits per heavy atom. The fourth-order valence-corrected chi connectivity index (χ4v) is 2.40. The van der Waals surface area contributed by atoms with Gasteiger partial charge in [-0.05, 0) is 24.6 Å². The van der Waals surface area contributed by atoms with Gasteiger partial charge in [0.2, 0.25) is 0 Å². The summed E-state index contributed by atoms with van der Waals surface area (Å²) in [7, 11) is 1.63. The first-order valence-corrected chi connectivity index (χ1v) is 5.76. The van der Waals surface area contributed by atoms with Gasteiger partial charge >= 0.3 is 0 Å². The van der Waals surface area contributed by atoms with Gasteiger partial charge in [-0.3, -0.25) is 0 Å². The number of nitriles is 1. The van der Waals surface area contributed by atoms with E-state index in [4.69, 9.17) is 9.47 Å². The number of rotatable bonds is 1. The number of methoxy groups -OCH3 is 1. The van der Waals surface area contributed by atoms with Gasteiger partial charge in [0, 0.05) is 10.0 Å². The van der Waals surface area contributed by atoms with E-state index < -0.39 is 5.41 Å². The Hall–Kier alpha value is -1.05. The number of nitrogens with zero attached hydrogens (tertiary/aromatic N) is 1. The van der Waals surface area contributed by atoms with E-state index in [1.54, 1.807) is 7.11 Å². The Kier molecular flexibility index (Phi) is 2.92. The van der Waals surface area contributed by atoms with Crippen LogP contribution >= 0.6 is 15.9 Å². The van der Waals surface area contributed by atoms with Crippen molar-refractivity contribution in [2.24, 2.45) is 0 Å². The van der Waals surface area contributed by atoms with Gasteiger partial charge in [-0.1, -0.05) is 15.9 Å². The number of halogens is 1. The standard InChI is InChI=1S/C12H12BrNO2/c1-12(6-14)7-16-5-9-10(12)3-8(13)4-11(9)15-2/h3-4H,5,7H2,1-2H3. The molecule has 3 nitrogen and oxygen atoms in total. The van der Waals surface area contributed by atoms with Gasteiger partial charge in [0.05, 0.1) is 26.4 Å². The smallest absolute Gasteiger partial charge is 0.125 e. The Morgan fingerprint density at radius 2 is 2.31 bits per heavy atom. The van der Waals surface area contributed by atoms with Crippen LogP contribution in [0.2, 0.25) is 0 Å². The maximum Gasteiger partial charge on any atom is 0.125 e. The van der Waals surface area contributed by atoms with Crippen LogP contribution in [0, 0.1) is 11.3 Å². The van der Waals surface area contributed by atoms with Gasteiger partial charge < -0.3 is 9.47 Å². The highest BCUT2D eigenvalue weighted by atomic mass is 79.9. The van der Waals surface area contributed by atoms with Crippen molar-refractivity contribution in [3.8, 4) is 11.8 Å². The Bertz CT molecular complexity index is 467. The van der Waals surface area contributed by atoms with Crippen molar-refractivity contribution in [3.05, 3.63) is 27.7 Å². The third-order valence-corrected chi connectivity index (χ3v) is 3.33. The molecule has 0 N–H and O–H groups in total. The van der Waals surface area contributed by atoms with Crippen LogP contribution in [0.3, 0.4) is 0 Å². The Balaban J connectivity index is 2.66. The molecule has 1 aromatic carbocycles. The fourth-order valence-electron chi connectivity index (χ4n) is 1.96. The molecular formula is C12H12BrNO2. The fraction of sp³-hybridized carbons (Fsp3) is 0.417. The molecule has 1 aliphatic heterocycles. The summed E-state index contributed by atoms with van der Waals surface area (Å²) in [5.41, 5.74) is 1.37. The summed E-state index contributed by atoms with van der Waals surface area (Å²) < 4.78 is 11.7. The molecule has 0 aliphatic carbocycles. The lowest BCUT2D eigenvalue weighted by Gasteiger charge is -2.31. The van der Waals surface area contributed by atoms with Gasteiger partial charge in [-0.15, -0.1) is 0 Å². The molecular weight excluding hydrogens is 270 g/mol. The maximum absolute atomic E-state index is 9.27. The molecule has 1 aromatic rings.